The normalized spacial score (nSPS) is 14.9. The quantitative estimate of drug-likeness (QED) is 0.431. The van der Waals surface area contributed by atoms with E-state index in [-0.39, 0.29) is 22.7 Å². The summed E-state index contributed by atoms with van der Waals surface area (Å²) >= 11 is 0. The molecule has 11 heteroatoms. The van der Waals surface area contributed by atoms with E-state index in [2.05, 4.69) is 24.9 Å². The predicted molar refractivity (Wildman–Crippen MR) is 135 cm³/mol. The third-order valence-corrected chi connectivity index (χ3v) is 7.21. The fourth-order valence-corrected chi connectivity index (χ4v) is 4.95. The molecule has 0 spiro atoms. The zero-order chi connectivity index (χ0) is 24.8. The van der Waals surface area contributed by atoms with Gasteiger partial charge >= 0.3 is 0 Å². The van der Waals surface area contributed by atoms with Crippen LogP contribution in [0.1, 0.15) is 12.5 Å². The third-order valence-electron chi connectivity index (χ3n) is 5.84. The van der Waals surface area contributed by atoms with Crippen molar-refractivity contribution in [3.8, 4) is 0 Å². The van der Waals surface area contributed by atoms with Crippen LogP contribution in [-0.2, 0) is 21.4 Å². The average Bonchev–Trinajstić information content (AvgIpc) is 2.89. The average molecular weight is 496 g/mol. The number of benzene rings is 2. The zero-order valence-corrected chi connectivity index (χ0v) is 20.3. The number of nitrogens with zero attached hydrogens (tertiary/aromatic N) is 4. The molecule has 0 bridgehead atoms. The Labute approximate surface area is 205 Å². The van der Waals surface area contributed by atoms with E-state index in [0.717, 1.165) is 16.9 Å². The molecule has 1 amide bonds. The van der Waals surface area contributed by atoms with Crippen LogP contribution >= 0.6 is 0 Å². The molecule has 4 N–H and O–H groups in total. The summed E-state index contributed by atoms with van der Waals surface area (Å²) in [6, 6.07) is 15.6. The predicted octanol–water partition coefficient (Wildman–Crippen LogP) is 1.89. The van der Waals surface area contributed by atoms with Crippen LogP contribution < -0.4 is 20.7 Å². The summed E-state index contributed by atoms with van der Waals surface area (Å²) in [7, 11) is -3.75. The molecule has 0 saturated carbocycles. The van der Waals surface area contributed by atoms with Crippen molar-refractivity contribution in [3.05, 3.63) is 72.7 Å². The molecule has 35 heavy (non-hydrogen) atoms. The summed E-state index contributed by atoms with van der Waals surface area (Å²) in [5, 5.41) is 3.26. The Morgan fingerprint density at radius 2 is 1.83 bits per heavy atom. The molecule has 10 nitrogen and oxygen atoms in total. The first kappa shape index (κ1) is 24.4. The summed E-state index contributed by atoms with van der Waals surface area (Å²) in [5.41, 5.74) is 8.49. The number of hydrogen-bond acceptors (Lipinski definition) is 8. The first-order chi connectivity index (χ1) is 16.9. The molecule has 1 unspecified atom stereocenters. The minimum Gasteiger partial charge on any atom is -0.374 e. The van der Waals surface area contributed by atoms with Gasteiger partial charge < -0.3 is 20.9 Å². The smallest absolute Gasteiger partial charge is 0.263 e. The van der Waals surface area contributed by atoms with Gasteiger partial charge in [-0.1, -0.05) is 12.1 Å². The minimum atomic E-state index is -3.75. The number of hydrogen-bond donors (Lipinski definition) is 3. The standard InChI is InChI=1S/C24H29N7O3S/c1-18(28-20-4-2-3-19(15-20)16-25)24(32)31-13-11-30(12-14-31)21-5-7-22(8-6-21)35(33,34)29-23-9-10-26-17-27-23/h2-10,15,17-18,28H,11-14,16,25H2,1H3,(H,26,27,29). The summed E-state index contributed by atoms with van der Waals surface area (Å²) < 4.78 is 27.6. The maximum atomic E-state index is 12.9. The largest absolute Gasteiger partial charge is 0.374 e. The number of anilines is 3. The molecule has 3 aromatic rings. The van der Waals surface area contributed by atoms with Crippen molar-refractivity contribution >= 4 is 33.1 Å². The van der Waals surface area contributed by atoms with Crippen LogP contribution in [0.4, 0.5) is 17.2 Å². The van der Waals surface area contributed by atoms with E-state index >= 15 is 0 Å². The van der Waals surface area contributed by atoms with E-state index in [1.165, 1.54) is 18.6 Å². The van der Waals surface area contributed by atoms with Gasteiger partial charge in [0.25, 0.3) is 10.0 Å². The molecule has 0 radical (unpaired) electrons. The zero-order valence-electron chi connectivity index (χ0n) is 19.5. The molecule has 4 rings (SSSR count). The molecule has 1 atom stereocenters. The van der Waals surface area contributed by atoms with Gasteiger partial charge in [-0.3, -0.25) is 9.52 Å². The van der Waals surface area contributed by atoms with Crippen LogP contribution in [0.3, 0.4) is 0 Å². The van der Waals surface area contributed by atoms with Crippen LogP contribution in [0.5, 0.6) is 0 Å². The molecular formula is C24H29N7O3S. The maximum Gasteiger partial charge on any atom is 0.263 e. The van der Waals surface area contributed by atoms with Crippen LogP contribution in [0.15, 0.2) is 72.0 Å². The second kappa shape index (κ2) is 10.7. The van der Waals surface area contributed by atoms with Crippen molar-refractivity contribution in [1.29, 1.82) is 0 Å². The molecule has 0 aliphatic carbocycles. The Morgan fingerprint density at radius 1 is 1.09 bits per heavy atom. The summed E-state index contributed by atoms with van der Waals surface area (Å²) in [4.78, 5) is 24.8. The number of rotatable bonds is 8. The van der Waals surface area contributed by atoms with Crippen molar-refractivity contribution in [2.24, 2.45) is 5.73 Å². The number of nitrogens with two attached hydrogens (primary N) is 1. The lowest BCUT2D eigenvalue weighted by Crippen LogP contribution is -2.52. The van der Waals surface area contributed by atoms with Gasteiger partial charge in [0.15, 0.2) is 0 Å². The van der Waals surface area contributed by atoms with Crippen LogP contribution in [-0.4, -0.2) is 61.4 Å². The van der Waals surface area contributed by atoms with E-state index in [0.29, 0.717) is 32.7 Å². The van der Waals surface area contributed by atoms with Crippen molar-refractivity contribution in [3.63, 3.8) is 0 Å². The number of nitrogens with one attached hydrogen (secondary N) is 2. The van der Waals surface area contributed by atoms with Crippen molar-refractivity contribution in [1.82, 2.24) is 14.9 Å². The van der Waals surface area contributed by atoms with E-state index in [1.807, 2.05) is 36.1 Å². The summed E-state index contributed by atoms with van der Waals surface area (Å²) in [5.74, 6) is 0.251. The highest BCUT2D eigenvalue weighted by atomic mass is 32.2. The van der Waals surface area contributed by atoms with E-state index in [1.54, 1.807) is 24.3 Å². The topological polar surface area (TPSA) is 134 Å². The van der Waals surface area contributed by atoms with Gasteiger partial charge in [0.2, 0.25) is 5.91 Å². The molecule has 184 valence electrons. The SMILES string of the molecule is CC(Nc1cccc(CN)c1)C(=O)N1CCN(c2ccc(S(=O)(=O)Nc3ccncn3)cc2)CC1. The van der Waals surface area contributed by atoms with Crippen molar-refractivity contribution in [2.45, 2.75) is 24.4 Å². The Kier molecular flexibility index (Phi) is 7.47. The lowest BCUT2D eigenvalue weighted by Gasteiger charge is -2.37. The molecule has 2 aromatic carbocycles. The lowest BCUT2D eigenvalue weighted by molar-refractivity contribution is -0.131. The molecular weight excluding hydrogens is 466 g/mol. The van der Waals surface area contributed by atoms with Gasteiger partial charge in [0.05, 0.1) is 4.90 Å². The van der Waals surface area contributed by atoms with Crippen LogP contribution in [0, 0.1) is 0 Å². The minimum absolute atomic E-state index is 0.0417. The van der Waals surface area contributed by atoms with Gasteiger partial charge in [-0.25, -0.2) is 18.4 Å². The third kappa shape index (κ3) is 6.06. The Balaban J connectivity index is 1.32. The first-order valence-electron chi connectivity index (χ1n) is 11.3. The van der Waals surface area contributed by atoms with Gasteiger partial charge in [0.1, 0.15) is 18.2 Å². The highest BCUT2D eigenvalue weighted by Gasteiger charge is 2.25. The summed E-state index contributed by atoms with van der Waals surface area (Å²) in [6.07, 6.45) is 2.75. The Bertz CT molecular complexity index is 1250. The van der Waals surface area contributed by atoms with Crippen molar-refractivity contribution in [2.75, 3.05) is 41.1 Å². The van der Waals surface area contributed by atoms with E-state index < -0.39 is 10.0 Å². The molecule has 2 heterocycles. The van der Waals surface area contributed by atoms with Crippen LogP contribution in [0.25, 0.3) is 0 Å². The van der Waals surface area contributed by atoms with Gasteiger partial charge in [-0.05, 0) is 55.0 Å². The fraction of sp³-hybridized carbons (Fsp3) is 0.292. The Morgan fingerprint density at radius 3 is 2.49 bits per heavy atom. The van der Waals surface area contributed by atoms with Gasteiger partial charge in [0, 0.05) is 50.3 Å². The second-order valence-electron chi connectivity index (χ2n) is 8.28. The number of carbonyl (C=O) groups is 1. The molecule has 1 aliphatic heterocycles. The van der Waals surface area contributed by atoms with Gasteiger partial charge in [-0.2, -0.15) is 0 Å². The number of sulfonamides is 1. The monoisotopic (exact) mass is 495 g/mol. The molecule has 1 saturated heterocycles. The van der Waals surface area contributed by atoms with Crippen molar-refractivity contribution < 1.29 is 13.2 Å². The molecule has 1 aromatic heterocycles. The molecule has 1 aliphatic rings. The van der Waals surface area contributed by atoms with E-state index in [9.17, 15) is 13.2 Å². The Hall–Kier alpha value is -3.70. The number of aromatic nitrogens is 2. The van der Waals surface area contributed by atoms with Crippen LogP contribution in [0.2, 0.25) is 0 Å². The number of amides is 1. The van der Waals surface area contributed by atoms with E-state index in [4.69, 9.17) is 5.73 Å². The fourth-order valence-electron chi connectivity index (χ4n) is 3.94. The highest BCUT2D eigenvalue weighted by Crippen LogP contribution is 2.21. The molecule has 1 fully saturated rings. The lowest BCUT2D eigenvalue weighted by atomic mass is 10.1. The maximum absolute atomic E-state index is 12.9. The number of piperazine rings is 1. The number of carbonyl (C=O) groups excluding carboxylic acids is 1. The second-order valence-corrected chi connectivity index (χ2v) is 9.96. The summed E-state index contributed by atoms with van der Waals surface area (Å²) in [6.45, 7) is 4.80. The highest BCUT2D eigenvalue weighted by molar-refractivity contribution is 7.92. The first-order valence-corrected chi connectivity index (χ1v) is 12.8. The van der Waals surface area contributed by atoms with Gasteiger partial charge in [-0.15, -0.1) is 0 Å².